The Morgan fingerprint density at radius 1 is 0.944 bits per heavy atom. The van der Waals surface area contributed by atoms with Gasteiger partial charge in [-0.25, -0.2) is 4.79 Å². The third-order valence-electron chi connectivity index (χ3n) is 2.22. The van der Waals surface area contributed by atoms with Crippen LogP contribution in [0.1, 0.15) is 0 Å². The molecule has 0 spiro atoms. The first-order valence-electron chi connectivity index (χ1n) is 5.38. The second-order valence-electron chi connectivity index (χ2n) is 3.55. The molecule has 18 heavy (non-hydrogen) atoms. The molecule has 92 valence electrons. The highest BCUT2D eigenvalue weighted by Crippen LogP contribution is 2.19. The van der Waals surface area contributed by atoms with Gasteiger partial charge in [-0.3, -0.25) is 10.9 Å². The highest BCUT2D eigenvalue weighted by atomic mass is 35.5. The van der Waals surface area contributed by atoms with E-state index in [4.69, 9.17) is 11.6 Å². The number of para-hydroxylation sites is 2. The monoisotopic (exact) mass is 261 g/mol. The lowest BCUT2D eigenvalue weighted by Crippen LogP contribution is -2.33. The summed E-state index contributed by atoms with van der Waals surface area (Å²) in [6.45, 7) is 0. The molecule has 0 radical (unpaired) electrons. The SMILES string of the molecule is O=C(NNc1ccccc1)Nc1ccccc1Cl. The molecule has 0 aliphatic rings. The van der Waals surface area contributed by atoms with Crippen molar-refractivity contribution in [2.45, 2.75) is 0 Å². The maximum absolute atomic E-state index is 11.6. The number of rotatable bonds is 3. The van der Waals surface area contributed by atoms with E-state index < -0.39 is 0 Å². The number of carbonyl (C=O) groups excluding carboxylic acids is 1. The minimum absolute atomic E-state index is 0.382. The molecule has 0 saturated carbocycles. The summed E-state index contributed by atoms with van der Waals surface area (Å²) in [5.74, 6) is 0. The van der Waals surface area contributed by atoms with Crippen LogP contribution >= 0.6 is 11.6 Å². The van der Waals surface area contributed by atoms with E-state index in [0.717, 1.165) is 5.69 Å². The Bertz CT molecular complexity index is 531. The predicted molar refractivity (Wildman–Crippen MR) is 73.7 cm³/mol. The normalized spacial score (nSPS) is 9.61. The van der Waals surface area contributed by atoms with Crippen molar-refractivity contribution in [3.8, 4) is 0 Å². The molecule has 0 heterocycles. The van der Waals surface area contributed by atoms with Gasteiger partial charge in [0.05, 0.1) is 16.4 Å². The van der Waals surface area contributed by atoms with E-state index >= 15 is 0 Å². The topological polar surface area (TPSA) is 53.2 Å². The zero-order valence-corrected chi connectivity index (χ0v) is 10.2. The van der Waals surface area contributed by atoms with Crippen molar-refractivity contribution in [2.24, 2.45) is 0 Å². The van der Waals surface area contributed by atoms with E-state index in [-0.39, 0.29) is 6.03 Å². The quantitative estimate of drug-likeness (QED) is 0.741. The Kier molecular flexibility index (Phi) is 4.04. The lowest BCUT2D eigenvalue weighted by molar-refractivity contribution is 0.254. The zero-order chi connectivity index (χ0) is 12.8. The molecule has 0 aromatic heterocycles. The van der Waals surface area contributed by atoms with E-state index in [1.807, 2.05) is 30.3 Å². The van der Waals surface area contributed by atoms with Gasteiger partial charge in [0.1, 0.15) is 0 Å². The molecule has 3 N–H and O–H groups in total. The summed E-state index contributed by atoms with van der Waals surface area (Å²) < 4.78 is 0. The van der Waals surface area contributed by atoms with Crippen LogP contribution < -0.4 is 16.2 Å². The van der Waals surface area contributed by atoms with Crippen molar-refractivity contribution in [3.05, 3.63) is 59.6 Å². The van der Waals surface area contributed by atoms with Crippen LogP contribution in [0.25, 0.3) is 0 Å². The summed E-state index contributed by atoms with van der Waals surface area (Å²) in [7, 11) is 0. The molecule has 2 amide bonds. The number of benzene rings is 2. The molecule has 0 aliphatic carbocycles. The van der Waals surface area contributed by atoms with Crippen LogP contribution in [-0.2, 0) is 0 Å². The Morgan fingerprint density at radius 3 is 2.33 bits per heavy atom. The summed E-state index contributed by atoms with van der Waals surface area (Å²) in [4.78, 5) is 11.6. The molecular formula is C13H12ClN3O. The van der Waals surface area contributed by atoms with Gasteiger partial charge in [0.15, 0.2) is 0 Å². The smallest absolute Gasteiger partial charge is 0.305 e. The van der Waals surface area contributed by atoms with Crippen molar-refractivity contribution < 1.29 is 4.79 Å². The number of halogens is 1. The van der Waals surface area contributed by atoms with Crippen molar-refractivity contribution in [1.29, 1.82) is 0 Å². The van der Waals surface area contributed by atoms with E-state index in [0.29, 0.717) is 10.7 Å². The number of anilines is 2. The second-order valence-corrected chi connectivity index (χ2v) is 3.96. The number of hydrazine groups is 1. The van der Waals surface area contributed by atoms with Gasteiger partial charge in [0.2, 0.25) is 0 Å². The van der Waals surface area contributed by atoms with E-state index in [1.54, 1.807) is 24.3 Å². The third-order valence-corrected chi connectivity index (χ3v) is 2.55. The van der Waals surface area contributed by atoms with E-state index in [2.05, 4.69) is 16.2 Å². The number of urea groups is 1. The first-order chi connectivity index (χ1) is 8.75. The molecule has 2 aromatic carbocycles. The average Bonchev–Trinajstić information content (AvgIpc) is 2.40. The van der Waals surface area contributed by atoms with E-state index in [9.17, 15) is 4.79 Å². The summed E-state index contributed by atoms with van der Waals surface area (Å²) in [5, 5.41) is 3.13. The molecule has 0 fully saturated rings. The highest BCUT2D eigenvalue weighted by Gasteiger charge is 2.03. The van der Waals surface area contributed by atoms with Crippen LogP contribution in [0.5, 0.6) is 0 Å². The molecule has 0 unspecified atom stereocenters. The van der Waals surface area contributed by atoms with Crippen LogP contribution in [0, 0.1) is 0 Å². The maximum atomic E-state index is 11.6. The molecule has 0 bridgehead atoms. The largest absolute Gasteiger partial charge is 0.337 e. The number of carbonyl (C=O) groups is 1. The van der Waals surface area contributed by atoms with Gasteiger partial charge in [0, 0.05) is 0 Å². The van der Waals surface area contributed by atoms with Crippen LogP contribution in [-0.4, -0.2) is 6.03 Å². The Labute approximate surface area is 110 Å². The van der Waals surface area contributed by atoms with Crippen molar-refractivity contribution in [2.75, 3.05) is 10.7 Å². The third kappa shape index (κ3) is 3.40. The molecule has 4 nitrogen and oxygen atoms in total. The first-order valence-corrected chi connectivity index (χ1v) is 5.76. The lowest BCUT2D eigenvalue weighted by Gasteiger charge is -2.10. The molecule has 0 saturated heterocycles. The zero-order valence-electron chi connectivity index (χ0n) is 9.48. The van der Waals surface area contributed by atoms with Gasteiger partial charge >= 0.3 is 6.03 Å². The van der Waals surface area contributed by atoms with Gasteiger partial charge in [0.25, 0.3) is 0 Å². The molecule has 2 aromatic rings. The fourth-order valence-corrected chi connectivity index (χ4v) is 1.55. The Balaban J connectivity index is 1.88. The van der Waals surface area contributed by atoms with Crippen LogP contribution in [0.3, 0.4) is 0 Å². The lowest BCUT2D eigenvalue weighted by atomic mass is 10.3. The predicted octanol–water partition coefficient (Wildman–Crippen LogP) is 3.49. The first kappa shape index (κ1) is 12.3. The van der Waals surface area contributed by atoms with Gasteiger partial charge < -0.3 is 5.32 Å². The Hall–Kier alpha value is -2.20. The number of hydrogen-bond acceptors (Lipinski definition) is 2. The molecule has 2 rings (SSSR count). The summed E-state index contributed by atoms with van der Waals surface area (Å²) in [6.07, 6.45) is 0. The maximum Gasteiger partial charge on any atom is 0.337 e. The molecule has 0 atom stereocenters. The molecule has 0 aliphatic heterocycles. The second kappa shape index (κ2) is 5.93. The highest BCUT2D eigenvalue weighted by molar-refractivity contribution is 6.33. The minimum atomic E-state index is -0.382. The fourth-order valence-electron chi connectivity index (χ4n) is 1.37. The Morgan fingerprint density at radius 2 is 1.61 bits per heavy atom. The van der Waals surface area contributed by atoms with E-state index in [1.165, 1.54) is 0 Å². The van der Waals surface area contributed by atoms with Gasteiger partial charge in [-0.15, -0.1) is 0 Å². The number of hydrogen-bond donors (Lipinski definition) is 3. The van der Waals surface area contributed by atoms with Crippen molar-refractivity contribution in [3.63, 3.8) is 0 Å². The average molecular weight is 262 g/mol. The van der Waals surface area contributed by atoms with Crippen LogP contribution in [0.4, 0.5) is 16.2 Å². The minimum Gasteiger partial charge on any atom is -0.305 e. The van der Waals surface area contributed by atoms with Gasteiger partial charge in [-0.1, -0.05) is 41.9 Å². The van der Waals surface area contributed by atoms with Crippen LogP contribution in [0.2, 0.25) is 5.02 Å². The summed E-state index contributed by atoms with van der Waals surface area (Å²) >= 11 is 5.92. The number of amides is 2. The summed E-state index contributed by atoms with van der Waals surface area (Å²) in [6, 6.07) is 16.0. The fraction of sp³-hybridized carbons (Fsp3) is 0. The molecule has 5 heteroatoms. The number of nitrogens with one attached hydrogen (secondary N) is 3. The van der Waals surface area contributed by atoms with Crippen molar-refractivity contribution in [1.82, 2.24) is 5.43 Å². The van der Waals surface area contributed by atoms with Gasteiger partial charge in [-0.2, -0.15) is 0 Å². The summed E-state index contributed by atoms with van der Waals surface area (Å²) in [5.41, 5.74) is 6.65. The standard InChI is InChI=1S/C13H12ClN3O/c14-11-8-4-5-9-12(11)15-13(18)17-16-10-6-2-1-3-7-10/h1-9,16H,(H2,15,17,18). The van der Waals surface area contributed by atoms with Crippen molar-refractivity contribution >= 4 is 29.0 Å². The van der Waals surface area contributed by atoms with Crippen LogP contribution in [0.15, 0.2) is 54.6 Å². The van der Waals surface area contributed by atoms with Gasteiger partial charge in [-0.05, 0) is 24.3 Å². The molecular weight excluding hydrogens is 250 g/mol.